The summed E-state index contributed by atoms with van der Waals surface area (Å²) in [6, 6.07) is 13.3. The number of nitrogens with one attached hydrogen (secondary N) is 1. The van der Waals surface area contributed by atoms with Crippen LogP contribution in [-0.2, 0) is 17.8 Å². The first-order chi connectivity index (χ1) is 10.7. The van der Waals surface area contributed by atoms with Crippen LogP contribution in [0.4, 0.5) is 0 Å². The lowest BCUT2D eigenvalue weighted by atomic mass is 10.1. The Kier molecular flexibility index (Phi) is 4.05. The van der Waals surface area contributed by atoms with Gasteiger partial charge in [0.2, 0.25) is 5.91 Å². The summed E-state index contributed by atoms with van der Waals surface area (Å²) in [5.74, 6) is 0.760. The molecule has 0 aliphatic rings. The second-order valence-electron chi connectivity index (χ2n) is 5.00. The van der Waals surface area contributed by atoms with Crippen molar-refractivity contribution in [3.63, 3.8) is 0 Å². The van der Waals surface area contributed by atoms with Gasteiger partial charge in [0.25, 0.3) is 0 Å². The van der Waals surface area contributed by atoms with E-state index in [-0.39, 0.29) is 5.91 Å². The van der Waals surface area contributed by atoms with E-state index < -0.39 is 0 Å². The Morgan fingerprint density at radius 1 is 1.23 bits per heavy atom. The summed E-state index contributed by atoms with van der Waals surface area (Å²) in [5.41, 5.74) is 2.67. The zero-order chi connectivity index (χ0) is 15.4. The highest BCUT2D eigenvalue weighted by atomic mass is 16.5. The zero-order valence-corrected chi connectivity index (χ0v) is 12.3. The van der Waals surface area contributed by atoms with E-state index in [2.05, 4.69) is 10.3 Å². The minimum Gasteiger partial charge on any atom is -0.497 e. The van der Waals surface area contributed by atoms with Crippen LogP contribution in [0.15, 0.2) is 54.9 Å². The number of methoxy groups -OCH3 is 1. The second kappa shape index (κ2) is 6.30. The number of imidazole rings is 1. The van der Waals surface area contributed by atoms with Crippen LogP contribution < -0.4 is 10.1 Å². The molecule has 0 saturated carbocycles. The summed E-state index contributed by atoms with van der Waals surface area (Å²) >= 11 is 0. The SMILES string of the molecule is COc1ccc(CC(=O)NCc2cn3ccccc3n2)cc1. The first kappa shape index (κ1) is 14.1. The smallest absolute Gasteiger partial charge is 0.224 e. The number of nitrogens with zero attached hydrogens (tertiary/aromatic N) is 2. The van der Waals surface area contributed by atoms with Gasteiger partial charge >= 0.3 is 0 Å². The van der Waals surface area contributed by atoms with Gasteiger partial charge in [0.05, 0.1) is 25.8 Å². The van der Waals surface area contributed by atoms with Gasteiger partial charge in [0.15, 0.2) is 0 Å². The Labute approximate surface area is 128 Å². The number of amides is 1. The minimum absolute atomic E-state index is 0.0257. The highest BCUT2D eigenvalue weighted by molar-refractivity contribution is 5.78. The lowest BCUT2D eigenvalue weighted by Crippen LogP contribution is -2.24. The van der Waals surface area contributed by atoms with Gasteiger partial charge in [-0.2, -0.15) is 0 Å². The lowest BCUT2D eigenvalue weighted by Gasteiger charge is -2.04. The number of fused-ring (bicyclic) bond motifs is 1. The molecule has 0 saturated heterocycles. The average Bonchev–Trinajstić information content (AvgIpc) is 2.96. The number of pyridine rings is 1. The van der Waals surface area contributed by atoms with Gasteiger partial charge in [0.1, 0.15) is 11.4 Å². The molecule has 3 rings (SSSR count). The van der Waals surface area contributed by atoms with Crippen molar-refractivity contribution in [1.82, 2.24) is 14.7 Å². The van der Waals surface area contributed by atoms with Crippen molar-refractivity contribution in [3.05, 3.63) is 66.1 Å². The third-order valence-electron chi connectivity index (χ3n) is 3.40. The Morgan fingerprint density at radius 3 is 2.77 bits per heavy atom. The van der Waals surface area contributed by atoms with Crippen molar-refractivity contribution in [3.8, 4) is 5.75 Å². The maximum Gasteiger partial charge on any atom is 0.224 e. The molecule has 2 heterocycles. The van der Waals surface area contributed by atoms with Crippen molar-refractivity contribution in [2.45, 2.75) is 13.0 Å². The number of benzene rings is 1. The fourth-order valence-corrected chi connectivity index (χ4v) is 2.25. The van der Waals surface area contributed by atoms with Crippen molar-refractivity contribution in [2.75, 3.05) is 7.11 Å². The Balaban J connectivity index is 1.57. The first-order valence-electron chi connectivity index (χ1n) is 7.07. The normalized spacial score (nSPS) is 10.6. The van der Waals surface area contributed by atoms with Crippen molar-refractivity contribution < 1.29 is 9.53 Å². The van der Waals surface area contributed by atoms with Gasteiger partial charge in [-0.1, -0.05) is 18.2 Å². The third kappa shape index (κ3) is 3.25. The Hall–Kier alpha value is -2.82. The third-order valence-corrected chi connectivity index (χ3v) is 3.40. The molecule has 0 unspecified atom stereocenters. The molecule has 22 heavy (non-hydrogen) atoms. The van der Waals surface area contributed by atoms with Crippen LogP contribution in [0.25, 0.3) is 5.65 Å². The molecule has 1 amide bonds. The van der Waals surface area contributed by atoms with Gasteiger partial charge in [-0.25, -0.2) is 4.98 Å². The molecule has 1 aromatic carbocycles. The Bertz CT molecular complexity index is 745. The number of hydrogen-bond donors (Lipinski definition) is 1. The van der Waals surface area contributed by atoms with E-state index in [1.54, 1.807) is 7.11 Å². The standard InChI is InChI=1S/C17H17N3O2/c1-22-15-7-5-13(6-8-15)10-17(21)18-11-14-12-20-9-3-2-4-16(20)19-14/h2-9,12H,10-11H2,1H3,(H,18,21). The van der Waals surface area contributed by atoms with E-state index in [1.807, 2.05) is 59.3 Å². The molecule has 5 heteroatoms. The largest absolute Gasteiger partial charge is 0.497 e. The lowest BCUT2D eigenvalue weighted by molar-refractivity contribution is -0.120. The summed E-state index contributed by atoms with van der Waals surface area (Å²) in [6.45, 7) is 0.427. The van der Waals surface area contributed by atoms with Crippen molar-refractivity contribution in [2.24, 2.45) is 0 Å². The monoisotopic (exact) mass is 295 g/mol. The molecule has 0 spiro atoms. The maximum atomic E-state index is 12.0. The molecule has 0 radical (unpaired) electrons. The van der Waals surface area contributed by atoms with Crippen molar-refractivity contribution >= 4 is 11.6 Å². The first-order valence-corrected chi connectivity index (χ1v) is 7.07. The predicted octanol–water partition coefficient (Wildman–Crippen LogP) is 2.20. The molecule has 3 aromatic rings. The molecule has 2 aromatic heterocycles. The number of carbonyl (C=O) groups is 1. The molecular weight excluding hydrogens is 278 g/mol. The Morgan fingerprint density at radius 2 is 2.05 bits per heavy atom. The zero-order valence-electron chi connectivity index (χ0n) is 12.3. The summed E-state index contributed by atoms with van der Waals surface area (Å²) in [6.07, 6.45) is 4.20. The number of carbonyl (C=O) groups excluding carboxylic acids is 1. The summed E-state index contributed by atoms with van der Waals surface area (Å²) < 4.78 is 7.03. The van der Waals surface area contributed by atoms with E-state index in [9.17, 15) is 4.79 Å². The van der Waals surface area contributed by atoms with Gasteiger partial charge in [0, 0.05) is 12.4 Å². The molecule has 112 valence electrons. The molecule has 0 atom stereocenters. The average molecular weight is 295 g/mol. The second-order valence-corrected chi connectivity index (χ2v) is 5.00. The molecule has 0 fully saturated rings. The highest BCUT2D eigenvalue weighted by Crippen LogP contribution is 2.11. The number of rotatable bonds is 5. The van der Waals surface area contributed by atoms with E-state index >= 15 is 0 Å². The number of aromatic nitrogens is 2. The molecule has 5 nitrogen and oxygen atoms in total. The fraction of sp³-hybridized carbons (Fsp3) is 0.176. The van der Waals surface area contributed by atoms with Gasteiger partial charge in [-0.05, 0) is 29.8 Å². The van der Waals surface area contributed by atoms with Crippen LogP contribution >= 0.6 is 0 Å². The number of ether oxygens (including phenoxy) is 1. The summed E-state index contributed by atoms with van der Waals surface area (Å²) in [5, 5.41) is 2.89. The van der Waals surface area contributed by atoms with Crippen molar-refractivity contribution in [1.29, 1.82) is 0 Å². The van der Waals surface area contributed by atoms with Crippen LogP contribution in [0, 0.1) is 0 Å². The fourth-order valence-electron chi connectivity index (χ4n) is 2.25. The quantitative estimate of drug-likeness (QED) is 0.785. The van der Waals surface area contributed by atoms with Crippen LogP contribution in [0.2, 0.25) is 0 Å². The van der Waals surface area contributed by atoms with Crippen LogP contribution in [0.1, 0.15) is 11.3 Å². The molecule has 0 aliphatic carbocycles. The van der Waals surface area contributed by atoms with Crippen LogP contribution in [-0.4, -0.2) is 22.4 Å². The van der Waals surface area contributed by atoms with Crippen LogP contribution in [0.3, 0.4) is 0 Å². The van der Waals surface area contributed by atoms with Gasteiger partial charge < -0.3 is 14.5 Å². The molecule has 0 aliphatic heterocycles. The van der Waals surface area contributed by atoms with E-state index in [0.717, 1.165) is 22.7 Å². The number of hydrogen-bond acceptors (Lipinski definition) is 3. The maximum absolute atomic E-state index is 12.0. The highest BCUT2D eigenvalue weighted by Gasteiger charge is 2.06. The predicted molar refractivity (Wildman–Crippen MR) is 83.7 cm³/mol. The van der Waals surface area contributed by atoms with E-state index in [4.69, 9.17) is 4.74 Å². The topological polar surface area (TPSA) is 55.6 Å². The molecule has 0 bridgehead atoms. The van der Waals surface area contributed by atoms with Crippen LogP contribution in [0.5, 0.6) is 5.75 Å². The van der Waals surface area contributed by atoms with Gasteiger partial charge in [-0.3, -0.25) is 4.79 Å². The molecular formula is C17H17N3O2. The van der Waals surface area contributed by atoms with E-state index in [0.29, 0.717) is 13.0 Å². The minimum atomic E-state index is -0.0257. The van der Waals surface area contributed by atoms with Gasteiger partial charge in [-0.15, -0.1) is 0 Å². The summed E-state index contributed by atoms with van der Waals surface area (Å²) in [7, 11) is 1.62. The summed E-state index contributed by atoms with van der Waals surface area (Å²) in [4.78, 5) is 16.4. The molecule has 1 N–H and O–H groups in total. The van der Waals surface area contributed by atoms with E-state index in [1.165, 1.54) is 0 Å².